The minimum absolute atomic E-state index is 0.457. The van der Waals surface area contributed by atoms with Crippen LogP contribution in [0.4, 0.5) is 0 Å². The van der Waals surface area contributed by atoms with Crippen LogP contribution in [0.3, 0.4) is 0 Å². The molecule has 116 valence electrons. The lowest BCUT2D eigenvalue weighted by Gasteiger charge is -2.18. The molecule has 3 heteroatoms. The van der Waals surface area contributed by atoms with E-state index >= 15 is 0 Å². The lowest BCUT2D eigenvalue weighted by atomic mass is 10.0. The molecule has 3 rings (SSSR count). The van der Waals surface area contributed by atoms with Crippen LogP contribution >= 0.6 is 11.8 Å². The molecule has 0 spiro atoms. The van der Waals surface area contributed by atoms with Crippen molar-refractivity contribution >= 4 is 11.8 Å². The van der Waals surface area contributed by atoms with E-state index in [1.807, 2.05) is 17.8 Å². The number of aryl methyl sites for hydroxylation is 1. The number of para-hydroxylation sites is 1. The molecule has 1 unspecified atom stereocenters. The van der Waals surface area contributed by atoms with Crippen LogP contribution in [0, 0.1) is 6.92 Å². The quantitative estimate of drug-likeness (QED) is 0.813. The van der Waals surface area contributed by atoms with Gasteiger partial charge in [0.25, 0.3) is 0 Å². The van der Waals surface area contributed by atoms with Crippen LogP contribution < -0.4 is 4.74 Å². The van der Waals surface area contributed by atoms with Crippen LogP contribution in [-0.4, -0.2) is 31.3 Å². The lowest BCUT2D eigenvalue weighted by molar-refractivity contribution is 0.437. The van der Waals surface area contributed by atoms with Crippen molar-refractivity contribution in [1.82, 2.24) is 4.90 Å². The Hall–Kier alpha value is -1.45. The van der Waals surface area contributed by atoms with Gasteiger partial charge >= 0.3 is 0 Å². The highest BCUT2D eigenvalue weighted by atomic mass is 32.2. The van der Waals surface area contributed by atoms with Gasteiger partial charge in [-0.2, -0.15) is 11.8 Å². The average molecular weight is 313 g/mol. The molecule has 0 saturated heterocycles. The highest BCUT2D eigenvalue weighted by molar-refractivity contribution is 7.99. The first-order valence-electron chi connectivity index (χ1n) is 7.76. The van der Waals surface area contributed by atoms with Gasteiger partial charge in [-0.05, 0) is 45.1 Å². The van der Waals surface area contributed by atoms with Gasteiger partial charge in [0.05, 0.1) is 0 Å². The van der Waals surface area contributed by atoms with Gasteiger partial charge in [0.2, 0.25) is 0 Å². The zero-order valence-electron chi connectivity index (χ0n) is 13.5. The number of fused-ring (bicyclic) bond motifs is 2. The Bertz CT molecular complexity index is 654. The molecule has 1 atom stereocenters. The molecule has 1 aliphatic rings. The molecule has 2 nitrogen and oxygen atoms in total. The van der Waals surface area contributed by atoms with E-state index in [1.54, 1.807) is 0 Å². The van der Waals surface area contributed by atoms with E-state index in [9.17, 15) is 0 Å². The van der Waals surface area contributed by atoms with Gasteiger partial charge in [0, 0.05) is 23.1 Å². The average Bonchev–Trinajstić information content (AvgIpc) is 2.64. The molecule has 0 aromatic heterocycles. The molecular formula is C19H23NOS. The summed E-state index contributed by atoms with van der Waals surface area (Å²) in [4.78, 5) is 2.24. The summed E-state index contributed by atoms with van der Waals surface area (Å²) in [6.45, 7) is 3.25. The molecule has 0 bridgehead atoms. The van der Waals surface area contributed by atoms with E-state index in [0.29, 0.717) is 5.25 Å². The summed E-state index contributed by atoms with van der Waals surface area (Å²) >= 11 is 2.03. The van der Waals surface area contributed by atoms with Crippen LogP contribution in [-0.2, 0) is 6.42 Å². The van der Waals surface area contributed by atoms with Gasteiger partial charge in [-0.15, -0.1) is 0 Å². The topological polar surface area (TPSA) is 12.5 Å². The summed E-state index contributed by atoms with van der Waals surface area (Å²) in [7, 11) is 4.26. The molecule has 0 N–H and O–H groups in total. The highest BCUT2D eigenvalue weighted by Gasteiger charge is 2.23. The Morgan fingerprint density at radius 3 is 2.77 bits per heavy atom. The largest absolute Gasteiger partial charge is 0.457 e. The summed E-state index contributed by atoms with van der Waals surface area (Å²) in [5, 5.41) is 0.457. The summed E-state index contributed by atoms with van der Waals surface area (Å²) in [6.07, 6.45) is 1.03. The van der Waals surface area contributed by atoms with Crippen molar-refractivity contribution in [3.63, 3.8) is 0 Å². The second kappa shape index (κ2) is 6.76. The van der Waals surface area contributed by atoms with Crippen molar-refractivity contribution in [1.29, 1.82) is 0 Å². The molecule has 2 aromatic carbocycles. The van der Waals surface area contributed by atoms with E-state index in [0.717, 1.165) is 30.2 Å². The van der Waals surface area contributed by atoms with Crippen LogP contribution in [0.25, 0.3) is 0 Å². The van der Waals surface area contributed by atoms with Crippen molar-refractivity contribution in [2.24, 2.45) is 0 Å². The first-order chi connectivity index (χ1) is 10.6. The van der Waals surface area contributed by atoms with Gasteiger partial charge in [-0.25, -0.2) is 0 Å². The van der Waals surface area contributed by atoms with Crippen LogP contribution in [0.2, 0.25) is 0 Å². The third kappa shape index (κ3) is 3.47. The van der Waals surface area contributed by atoms with Gasteiger partial charge in [0.1, 0.15) is 11.5 Å². The standard InChI is InChI=1S/C19H23NOS/c1-14-8-9-18-16(12-14)19(22-11-10-20(2)3)13-15-6-4-5-7-17(15)21-18/h4-9,12,19H,10-11,13H2,1-3H3. The van der Waals surface area contributed by atoms with E-state index in [-0.39, 0.29) is 0 Å². The minimum atomic E-state index is 0.457. The second-order valence-corrected chi connectivity index (χ2v) is 7.43. The van der Waals surface area contributed by atoms with E-state index in [1.165, 1.54) is 16.7 Å². The fraction of sp³-hybridized carbons (Fsp3) is 0.368. The fourth-order valence-corrected chi connectivity index (χ4v) is 4.16. The molecule has 1 heterocycles. The molecule has 1 aliphatic heterocycles. The smallest absolute Gasteiger partial charge is 0.131 e. The van der Waals surface area contributed by atoms with Gasteiger partial charge in [0.15, 0.2) is 0 Å². The predicted octanol–water partition coefficient (Wildman–Crippen LogP) is 4.68. The summed E-state index contributed by atoms with van der Waals surface area (Å²) in [5.74, 6) is 3.15. The molecule has 0 saturated carbocycles. The lowest BCUT2D eigenvalue weighted by Crippen LogP contribution is -2.15. The van der Waals surface area contributed by atoms with E-state index in [2.05, 4.69) is 62.3 Å². The van der Waals surface area contributed by atoms with Gasteiger partial charge in [-0.3, -0.25) is 0 Å². The second-order valence-electron chi connectivity index (χ2n) is 6.12. The number of nitrogens with zero attached hydrogens (tertiary/aromatic N) is 1. The monoisotopic (exact) mass is 313 g/mol. The zero-order valence-corrected chi connectivity index (χ0v) is 14.3. The number of thioether (sulfide) groups is 1. The van der Waals surface area contributed by atoms with Crippen molar-refractivity contribution < 1.29 is 4.74 Å². The number of benzene rings is 2. The third-order valence-electron chi connectivity index (χ3n) is 3.97. The van der Waals surface area contributed by atoms with Gasteiger partial charge < -0.3 is 9.64 Å². The minimum Gasteiger partial charge on any atom is -0.457 e. The van der Waals surface area contributed by atoms with Crippen LogP contribution in [0.5, 0.6) is 11.5 Å². The zero-order chi connectivity index (χ0) is 15.5. The predicted molar refractivity (Wildman–Crippen MR) is 95.2 cm³/mol. The summed E-state index contributed by atoms with van der Waals surface area (Å²) in [5.41, 5.74) is 3.94. The normalized spacial score (nSPS) is 16.6. The summed E-state index contributed by atoms with van der Waals surface area (Å²) in [6, 6.07) is 15.0. The highest BCUT2D eigenvalue weighted by Crippen LogP contribution is 2.44. The maximum absolute atomic E-state index is 6.19. The summed E-state index contributed by atoms with van der Waals surface area (Å²) < 4.78 is 6.19. The number of hydrogen-bond donors (Lipinski definition) is 0. The van der Waals surface area contributed by atoms with Crippen LogP contribution in [0.1, 0.15) is 21.9 Å². The maximum Gasteiger partial charge on any atom is 0.131 e. The molecule has 0 amide bonds. The van der Waals surface area contributed by atoms with Gasteiger partial charge in [-0.1, -0.05) is 35.9 Å². The Morgan fingerprint density at radius 1 is 1.14 bits per heavy atom. The number of rotatable bonds is 4. The first-order valence-corrected chi connectivity index (χ1v) is 8.81. The molecule has 2 aromatic rings. The number of hydrogen-bond acceptors (Lipinski definition) is 3. The molecule has 0 radical (unpaired) electrons. The van der Waals surface area contributed by atoms with Crippen LogP contribution in [0.15, 0.2) is 42.5 Å². The molecule has 0 fully saturated rings. The molecule has 22 heavy (non-hydrogen) atoms. The third-order valence-corrected chi connectivity index (χ3v) is 5.21. The van der Waals surface area contributed by atoms with Crippen molar-refractivity contribution in [3.05, 3.63) is 59.2 Å². The molecular weight excluding hydrogens is 290 g/mol. The Labute approximate surface area is 137 Å². The Morgan fingerprint density at radius 2 is 1.95 bits per heavy atom. The maximum atomic E-state index is 6.19. The first kappa shape index (κ1) is 15.4. The SMILES string of the molecule is Cc1ccc2c(c1)C(SCCN(C)C)Cc1ccccc1O2. The van der Waals surface area contributed by atoms with E-state index < -0.39 is 0 Å². The fourth-order valence-electron chi connectivity index (χ4n) is 2.74. The van der Waals surface area contributed by atoms with Crippen molar-refractivity contribution in [2.45, 2.75) is 18.6 Å². The van der Waals surface area contributed by atoms with Crippen molar-refractivity contribution in [3.8, 4) is 11.5 Å². The molecule has 0 aliphatic carbocycles. The van der Waals surface area contributed by atoms with Crippen molar-refractivity contribution in [2.75, 3.05) is 26.4 Å². The van der Waals surface area contributed by atoms with E-state index in [4.69, 9.17) is 4.74 Å². The Kier molecular flexibility index (Phi) is 4.74. The number of ether oxygens (including phenoxy) is 1. The Balaban J connectivity index is 1.92.